The molecule has 1 aromatic heterocycles. The minimum absolute atomic E-state index is 0.0643. The minimum Gasteiger partial charge on any atom is -0.324 e. The first-order chi connectivity index (χ1) is 11.0. The van der Waals surface area contributed by atoms with E-state index in [1.165, 1.54) is 13.8 Å². The average Bonchev–Trinajstić information content (AvgIpc) is 2.79. The molecule has 0 fully saturated rings. The number of nitrogens with zero attached hydrogens (tertiary/aromatic N) is 2. The summed E-state index contributed by atoms with van der Waals surface area (Å²) in [6.07, 6.45) is -4.69. The van der Waals surface area contributed by atoms with Crippen LogP contribution >= 0.6 is 23.2 Å². The van der Waals surface area contributed by atoms with Crippen molar-refractivity contribution in [1.82, 2.24) is 9.78 Å². The van der Waals surface area contributed by atoms with Crippen LogP contribution in [-0.2, 0) is 11.0 Å². The number of rotatable bonds is 3. The van der Waals surface area contributed by atoms with Crippen LogP contribution in [0.5, 0.6) is 0 Å². The van der Waals surface area contributed by atoms with E-state index in [2.05, 4.69) is 10.4 Å². The summed E-state index contributed by atoms with van der Waals surface area (Å²) in [5, 5.41) is 6.05. The Kier molecular flexibility index (Phi) is 5.15. The summed E-state index contributed by atoms with van der Waals surface area (Å²) >= 11 is 11.7. The molecule has 0 aliphatic rings. The van der Waals surface area contributed by atoms with Crippen LogP contribution in [0.15, 0.2) is 18.2 Å². The largest absolute Gasteiger partial charge is 0.436 e. The highest BCUT2D eigenvalue weighted by Gasteiger charge is 2.39. The van der Waals surface area contributed by atoms with Gasteiger partial charge in [-0.2, -0.15) is 18.3 Å². The zero-order valence-corrected chi connectivity index (χ0v) is 14.5. The zero-order chi connectivity index (χ0) is 18.2. The molecule has 1 heterocycles. The summed E-state index contributed by atoms with van der Waals surface area (Å²) in [6, 6.07) is 3.99. The van der Waals surface area contributed by atoms with Gasteiger partial charge in [0.2, 0.25) is 5.91 Å². The molecule has 0 bridgehead atoms. The van der Waals surface area contributed by atoms with Crippen LogP contribution in [0, 0.1) is 13.8 Å². The average molecular weight is 380 g/mol. The third kappa shape index (κ3) is 3.52. The van der Waals surface area contributed by atoms with E-state index in [-0.39, 0.29) is 5.69 Å². The Hall–Kier alpha value is -1.73. The fourth-order valence-corrected chi connectivity index (χ4v) is 2.55. The molecular formula is C15H14Cl2F3N3O. The number of halogens is 5. The number of nitrogens with one attached hydrogen (secondary N) is 1. The monoisotopic (exact) mass is 379 g/mol. The Labute approximate surface area is 146 Å². The second-order valence-electron chi connectivity index (χ2n) is 5.27. The van der Waals surface area contributed by atoms with Gasteiger partial charge in [-0.15, -0.1) is 0 Å². The van der Waals surface area contributed by atoms with Gasteiger partial charge in [-0.05, 0) is 38.5 Å². The predicted molar refractivity (Wildman–Crippen MR) is 86.5 cm³/mol. The molecule has 24 heavy (non-hydrogen) atoms. The quantitative estimate of drug-likeness (QED) is 0.813. The number of anilines is 1. The Balaban J connectivity index is 2.30. The number of alkyl halides is 3. The molecule has 0 saturated heterocycles. The lowest BCUT2D eigenvalue weighted by molar-refractivity contribution is -0.141. The Morgan fingerprint density at radius 3 is 2.46 bits per heavy atom. The molecule has 130 valence electrons. The van der Waals surface area contributed by atoms with Crippen molar-refractivity contribution in [2.24, 2.45) is 0 Å². The van der Waals surface area contributed by atoms with Gasteiger partial charge in [0.1, 0.15) is 6.04 Å². The summed E-state index contributed by atoms with van der Waals surface area (Å²) in [5.74, 6) is -0.531. The summed E-state index contributed by atoms with van der Waals surface area (Å²) in [4.78, 5) is 12.4. The first-order valence-electron chi connectivity index (χ1n) is 6.91. The third-order valence-electron chi connectivity index (χ3n) is 3.62. The molecule has 0 radical (unpaired) electrons. The van der Waals surface area contributed by atoms with Crippen molar-refractivity contribution in [3.05, 3.63) is 45.2 Å². The van der Waals surface area contributed by atoms with Gasteiger partial charge >= 0.3 is 6.18 Å². The number of carbonyl (C=O) groups is 1. The number of amides is 1. The van der Waals surface area contributed by atoms with E-state index in [9.17, 15) is 18.0 Å². The first-order valence-corrected chi connectivity index (χ1v) is 7.67. The van der Waals surface area contributed by atoms with Crippen molar-refractivity contribution in [2.75, 3.05) is 5.32 Å². The van der Waals surface area contributed by atoms with E-state index in [0.717, 1.165) is 4.68 Å². The van der Waals surface area contributed by atoms with Crippen molar-refractivity contribution in [2.45, 2.75) is 33.0 Å². The highest BCUT2D eigenvalue weighted by molar-refractivity contribution is 6.32. The van der Waals surface area contributed by atoms with Crippen LogP contribution in [0.4, 0.5) is 18.9 Å². The summed E-state index contributed by atoms with van der Waals surface area (Å²) in [7, 11) is 0. The maximum Gasteiger partial charge on any atom is 0.436 e. The maximum atomic E-state index is 12.9. The van der Waals surface area contributed by atoms with E-state index >= 15 is 0 Å². The van der Waals surface area contributed by atoms with Crippen molar-refractivity contribution in [1.29, 1.82) is 0 Å². The highest BCUT2D eigenvalue weighted by atomic mass is 35.5. The van der Waals surface area contributed by atoms with Crippen LogP contribution < -0.4 is 5.32 Å². The number of benzene rings is 1. The molecule has 1 N–H and O–H groups in total. The predicted octanol–water partition coefficient (Wildman–Crippen LogP) is 5.03. The van der Waals surface area contributed by atoms with Gasteiger partial charge in [-0.25, -0.2) is 0 Å². The van der Waals surface area contributed by atoms with Crippen LogP contribution in [0.2, 0.25) is 10.0 Å². The molecule has 1 unspecified atom stereocenters. The lowest BCUT2D eigenvalue weighted by Crippen LogP contribution is -2.26. The van der Waals surface area contributed by atoms with Crippen LogP contribution in [-0.4, -0.2) is 15.7 Å². The molecule has 2 aromatic rings. The third-order valence-corrected chi connectivity index (χ3v) is 4.48. The zero-order valence-electron chi connectivity index (χ0n) is 13.0. The van der Waals surface area contributed by atoms with Crippen LogP contribution in [0.1, 0.15) is 29.9 Å². The topological polar surface area (TPSA) is 46.9 Å². The lowest BCUT2D eigenvalue weighted by Gasteiger charge is -2.16. The number of hydrogen-bond acceptors (Lipinski definition) is 2. The molecule has 1 atom stereocenters. The van der Waals surface area contributed by atoms with Gasteiger partial charge in [0.25, 0.3) is 0 Å². The molecule has 2 rings (SSSR count). The van der Waals surface area contributed by atoms with E-state index in [1.807, 2.05) is 0 Å². The fourth-order valence-electron chi connectivity index (χ4n) is 2.15. The Bertz CT molecular complexity index is 787. The smallest absolute Gasteiger partial charge is 0.324 e. The molecule has 4 nitrogen and oxygen atoms in total. The van der Waals surface area contributed by atoms with Crippen molar-refractivity contribution >= 4 is 34.8 Å². The molecule has 0 spiro atoms. The standard InChI is InChI=1S/C15H14Cl2F3N3O/c1-7-10(16)5-4-6-11(7)21-14(24)9(3)23-8(2)12(17)13(22-23)15(18,19)20/h4-6,9H,1-3H3,(H,21,24). The van der Waals surface area contributed by atoms with Gasteiger partial charge in [0.15, 0.2) is 5.69 Å². The summed E-state index contributed by atoms with van der Waals surface area (Å²) in [5.41, 5.74) is -0.00747. The van der Waals surface area contributed by atoms with E-state index in [4.69, 9.17) is 23.2 Å². The van der Waals surface area contributed by atoms with E-state index in [1.54, 1.807) is 25.1 Å². The lowest BCUT2D eigenvalue weighted by atomic mass is 10.2. The van der Waals surface area contributed by atoms with Crippen molar-refractivity contribution < 1.29 is 18.0 Å². The summed E-state index contributed by atoms with van der Waals surface area (Å²) in [6.45, 7) is 4.53. The highest BCUT2D eigenvalue weighted by Crippen LogP contribution is 2.36. The van der Waals surface area contributed by atoms with E-state index in [0.29, 0.717) is 16.3 Å². The molecule has 1 aromatic carbocycles. The van der Waals surface area contributed by atoms with Crippen molar-refractivity contribution in [3.63, 3.8) is 0 Å². The van der Waals surface area contributed by atoms with Gasteiger partial charge in [-0.3, -0.25) is 9.48 Å². The maximum absolute atomic E-state index is 12.9. The molecule has 0 aliphatic carbocycles. The molecule has 0 saturated carbocycles. The second-order valence-corrected chi connectivity index (χ2v) is 6.05. The SMILES string of the molecule is Cc1c(Cl)cccc1NC(=O)C(C)n1nc(C(F)(F)F)c(Cl)c1C. The number of hydrogen-bond donors (Lipinski definition) is 1. The Morgan fingerprint density at radius 2 is 1.92 bits per heavy atom. The van der Waals surface area contributed by atoms with Gasteiger partial charge < -0.3 is 5.32 Å². The molecule has 9 heteroatoms. The Morgan fingerprint density at radius 1 is 1.29 bits per heavy atom. The van der Waals surface area contributed by atoms with Crippen LogP contribution in [0.3, 0.4) is 0 Å². The molecule has 0 aliphatic heterocycles. The fraction of sp³-hybridized carbons (Fsp3) is 0.333. The minimum atomic E-state index is -4.69. The number of aromatic nitrogens is 2. The second kappa shape index (κ2) is 6.64. The first kappa shape index (κ1) is 18.6. The van der Waals surface area contributed by atoms with Gasteiger partial charge in [0.05, 0.1) is 10.7 Å². The molecular weight excluding hydrogens is 366 g/mol. The van der Waals surface area contributed by atoms with Gasteiger partial charge in [-0.1, -0.05) is 29.3 Å². The summed E-state index contributed by atoms with van der Waals surface area (Å²) < 4.78 is 39.6. The molecule has 1 amide bonds. The van der Waals surface area contributed by atoms with Crippen LogP contribution in [0.25, 0.3) is 0 Å². The van der Waals surface area contributed by atoms with Crippen molar-refractivity contribution in [3.8, 4) is 0 Å². The van der Waals surface area contributed by atoms with E-state index < -0.39 is 28.8 Å². The normalized spacial score (nSPS) is 13.0. The van der Waals surface area contributed by atoms with Gasteiger partial charge in [0, 0.05) is 10.7 Å². The number of carbonyl (C=O) groups excluding carboxylic acids is 1.